The largest absolute Gasteiger partial charge is 0.453 e. The fourth-order valence-corrected chi connectivity index (χ4v) is 0.740. The lowest BCUT2D eigenvalue weighted by molar-refractivity contribution is -0.0502. The molecule has 4 heteroatoms. The third-order valence-corrected chi connectivity index (χ3v) is 1.63. The van der Waals surface area contributed by atoms with Gasteiger partial charge in [0.1, 0.15) is 0 Å². The summed E-state index contributed by atoms with van der Waals surface area (Å²) in [7, 11) is 3.08. The van der Waals surface area contributed by atoms with Crippen molar-refractivity contribution >= 4 is 6.09 Å². The quantitative estimate of drug-likeness (QED) is 0.524. The van der Waals surface area contributed by atoms with Crippen LogP contribution in [0.4, 0.5) is 4.79 Å². The lowest BCUT2D eigenvalue weighted by Gasteiger charge is -2.33. The van der Waals surface area contributed by atoms with Crippen LogP contribution in [-0.2, 0) is 9.47 Å². The number of hydrogen-bond acceptors (Lipinski definition) is 3. The zero-order chi connectivity index (χ0) is 7.56. The number of hydrogen-bond donors (Lipinski definition) is 0. The Labute approximate surface area is 59.7 Å². The molecule has 1 saturated heterocycles. The van der Waals surface area contributed by atoms with Crippen molar-refractivity contribution in [3.05, 3.63) is 0 Å². The molecule has 1 rings (SSSR count). The number of nitrogens with zero attached hydrogens (tertiary/aromatic N) is 1. The lowest BCUT2D eigenvalue weighted by atomic mass is 10.2. The number of carbonyl (C=O) groups is 1. The van der Waals surface area contributed by atoms with Gasteiger partial charge in [-0.25, -0.2) is 4.79 Å². The first-order chi connectivity index (χ1) is 4.75. The number of ether oxygens (including phenoxy) is 2. The summed E-state index contributed by atoms with van der Waals surface area (Å²) in [4.78, 5) is 12.3. The zero-order valence-corrected chi connectivity index (χ0v) is 6.16. The number of carbonyl (C=O) groups excluding carboxylic acids is 1. The Bertz CT molecular complexity index is 133. The van der Waals surface area contributed by atoms with Crippen molar-refractivity contribution in [2.75, 3.05) is 27.4 Å². The number of amides is 1. The summed E-state index contributed by atoms with van der Waals surface area (Å²) in [6.07, 6.45) is -0.298. The molecule has 0 aromatic rings. The molecule has 58 valence electrons. The van der Waals surface area contributed by atoms with E-state index >= 15 is 0 Å². The van der Waals surface area contributed by atoms with Crippen LogP contribution in [0.2, 0.25) is 0 Å². The molecule has 1 fully saturated rings. The van der Waals surface area contributed by atoms with Crippen LogP contribution in [0, 0.1) is 0 Å². The predicted molar refractivity (Wildman–Crippen MR) is 34.8 cm³/mol. The van der Waals surface area contributed by atoms with Crippen LogP contribution in [0.15, 0.2) is 0 Å². The van der Waals surface area contributed by atoms with Crippen molar-refractivity contribution in [1.29, 1.82) is 0 Å². The Morgan fingerprint density at radius 1 is 1.70 bits per heavy atom. The van der Waals surface area contributed by atoms with Gasteiger partial charge < -0.3 is 14.4 Å². The molecule has 4 nitrogen and oxygen atoms in total. The molecular weight excluding hydrogens is 134 g/mol. The minimum Gasteiger partial charge on any atom is -0.453 e. The maximum atomic E-state index is 10.8. The van der Waals surface area contributed by atoms with E-state index in [1.54, 1.807) is 11.9 Å². The topological polar surface area (TPSA) is 38.8 Å². The Kier molecular flexibility index (Phi) is 2.11. The summed E-state index contributed by atoms with van der Waals surface area (Å²) in [5.41, 5.74) is 0. The first-order valence-electron chi connectivity index (χ1n) is 3.14. The van der Waals surface area contributed by atoms with Gasteiger partial charge in [-0.2, -0.15) is 0 Å². The third kappa shape index (κ3) is 1.21. The van der Waals surface area contributed by atoms with Gasteiger partial charge in [-0.05, 0) is 0 Å². The maximum Gasteiger partial charge on any atom is 0.409 e. The molecule has 1 heterocycles. The summed E-state index contributed by atoms with van der Waals surface area (Å²) >= 11 is 0. The van der Waals surface area contributed by atoms with Gasteiger partial charge in [0.25, 0.3) is 0 Å². The van der Waals surface area contributed by atoms with Gasteiger partial charge in [-0.15, -0.1) is 0 Å². The Balaban J connectivity index is 2.31. The second kappa shape index (κ2) is 2.88. The monoisotopic (exact) mass is 145 g/mol. The van der Waals surface area contributed by atoms with Crippen LogP contribution in [-0.4, -0.2) is 44.4 Å². The van der Waals surface area contributed by atoms with Gasteiger partial charge in [-0.1, -0.05) is 0 Å². The predicted octanol–water partition coefficient (Wildman–Crippen LogP) is 0.0834. The second-order valence-electron chi connectivity index (χ2n) is 2.27. The summed E-state index contributed by atoms with van der Waals surface area (Å²) in [5, 5.41) is 0. The number of methoxy groups -OCH3 is 1. The van der Waals surface area contributed by atoms with Crippen LogP contribution in [0.25, 0.3) is 0 Å². The molecule has 0 aromatic heterocycles. The summed E-state index contributed by atoms with van der Waals surface area (Å²) in [6.45, 7) is 1.26. The molecule has 1 aliphatic heterocycles. The Morgan fingerprint density at radius 2 is 2.30 bits per heavy atom. The van der Waals surface area contributed by atoms with E-state index in [9.17, 15) is 4.79 Å². The van der Waals surface area contributed by atoms with Gasteiger partial charge in [-0.3, -0.25) is 0 Å². The van der Waals surface area contributed by atoms with E-state index in [1.807, 2.05) is 0 Å². The fraction of sp³-hybridized carbons (Fsp3) is 0.833. The van der Waals surface area contributed by atoms with Gasteiger partial charge in [0.05, 0.1) is 26.4 Å². The van der Waals surface area contributed by atoms with Crippen molar-refractivity contribution in [1.82, 2.24) is 4.90 Å². The molecule has 1 aliphatic rings. The highest BCUT2D eigenvalue weighted by Crippen LogP contribution is 2.08. The molecule has 10 heavy (non-hydrogen) atoms. The Hall–Kier alpha value is -0.770. The van der Waals surface area contributed by atoms with Crippen molar-refractivity contribution < 1.29 is 14.3 Å². The van der Waals surface area contributed by atoms with Gasteiger partial charge >= 0.3 is 6.09 Å². The van der Waals surface area contributed by atoms with E-state index < -0.39 is 0 Å². The fourth-order valence-electron chi connectivity index (χ4n) is 0.740. The molecule has 0 bridgehead atoms. The van der Waals surface area contributed by atoms with Crippen molar-refractivity contribution in [2.45, 2.75) is 6.04 Å². The van der Waals surface area contributed by atoms with Crippen LogP contribution in [0.1, 0.15) is 0 Å². The molecule has 0 unspecified atom stereocenters. The van der Waals surface area contributed by atoms with Crippen LogP contribution >= 0.6 is 0 Å². The standard InChI is InChI=1S/C6H11NO3/c1-7(6(8)9-2)5-3-10-4-5/h5H,3-4H2,1-2H3. The highest BCUT2D eigenvalue weighted by Gasteiger charge is 2.26. The SMILES string of the molecule is COC(=O)N(C)C1COC1. The van der Waals surface area contributed by atoms with Gasteiger partial charge in [0.2, 0.25) is 0 Å². The smallest absolute Gasteiger partial charge is 0.409 e. The minimum atomic E-state index is -0.298. The van der Waals surface area contributed by atoms with E-state index in [4.69, 9.17) is 4.74 Å². The molecule has 0 N–H and O–H groups in total. The first kappa shape index (κ1) is 7.34. The third-order valence-electron chi connectivity index (χ3n) is 1.63. The lowest BCUT2D eigenvalue weighted by Crippen LogP contribution is -2.49. The van der Waals surface area contributed by atoms with E-state index in [0.29, 0.717) is 13.2 Å². The molecule has 0 saturated carbocycles. The second-order valence-corrected chi connectivity index (χ2v) is 2.27. The highest BCUT2D eigenvalue weighted by atomic mass is 16.5. The molecule has 0 aliphatic carbocycles. The minimum absolute atomic E-state index is 0.215. The normalized spacial score (nSPS) is 17.8. The van der Waals surface area contributed by atoms with Crippen LogP contribution in [0.5, 0.6) is 0 Å². The van der Waals surface area contributed by atoms with Gasteiger partial charge in [0, 0.05) is 7.05 Å². The summed E-state index contributed by atoms with van der Waals surface area (Å²) < 4.78 is 9.40. The van der Waals surface area contributed by atoms with E-state index in [-0.39, 0.29) is 12.1 Å². The van der Waals surface area contributed by atoms with E-state index in [2.05, 4.69) is 4.74 Å². The first-order valence-corrected chi connectivity index (χ1v) is 3.14. The summed E-state index contributed by atoms with van der Waals surface area (Å²) in [5.74, 6) is 0. The maximum absolute atomic E-state index is 10.8. The molecule has 1 amide bonds. The molecule has 0 aromatic carbocycles. The van der Waals surface area contributed by atoms with Crippen molar-refractivity contribution in [3.63, 3.8) is 0 Å². The number of rotatable bonds is 1. The van der Waals surface area contributed by atoms with E-state index in [0.717, 1.165) is 0 Å². The zero-order valence-electron chi connectivity index (χ0n) is 6.16. The highest BCUT2D eigenvalue weighted by molar-refractivity contribution is 5.67. The van der Waals surface area contributed by atoms with Crippen molar-refractivity contribution in [2.24, 2.45) is 0 Å². The Morgan fingerprint density at radius 3 is 2.60 bits per heavy atom. The molecular formula is C6H11NO3. The van der Waals surface area contributed by atoms with E-state index in [1.165, 1.54) is 7.11 Å². The molecule has 0 radical (unpaired) electrons. The average molecular weight is 145 g/mol. The van der Waals surface area contributed by atoms with Crippen molar-refractivity contribution in [3.8, 4) is 0 Å². The van der Waals surface area contributed by atoms with Crippen LogP contribution in [0.3, 0.4) is 0 Å². The van der Waals surface area contributed by atoms with Crippen LogP contribution < -0.4 is 0 Å². The average Bonchev–Trinajstić information content (AvgIpc) is 1.82. The summed E-state index contributed by atoms with van der Waals surface area (Å²) in [6, 6.07) is 0.215. The van der Waals surface area contributed by atoms with Gasteiger partial charge in [0.15, 0.2) is 0 Å². The molecule has 0 atom stereocenters. The number of likely N-dealkylation sites (N-methyl/N-ethyl adjacent to an activating group) is 1. The molecule has 0 spiro atoms.